The normalized spacial score (nSPS) is 16.5. The van der Waals surface area contributed by atoms with Crippen molar-refractivity contribution >= 4 is 23.5 Å². The van der Waals surface area contributed by atoms with Crippen molar-refractivity contribution in [3.05, 3.63) is 29.3 Å². The van der Waals surface area contributed by atoms with Gasteiger partial charge in [0, 0.05) is 19.1 Å². The van der Waals surface area contributed by atoms with E-state index in [4.69, 9.17) is 21.4 Å². The average Bonchev–Trinajstić information content (AvgIpc) is 2.65. The highest BCUT2D eigenvalue weighted by Crippen LogP contribution is 2.26. The Balaban J connectivity index is 1.93. The van der Waals surface area contributed by atoms with Crippen molar-refractivity contribution in [1.82, 2.24) is 9.80 Å². The van der Waals surface area contributed by atoms with Crippen LogP contribution >= 0.6 is 11.6 Å². The highest BCUT2D eigenvalue weighted by Gasteiger charge is 2.31. The van der Waals surface area contributed by atoms with Crippen molar-refractivity contribution in [3.63, 3.8) is 0 Å². The molecule has 0 saturated carbocycles. The van der Waals surface area contributed by atoms with Gasteiger partial charge in [0.15, 0.2) is 6.10 Å². The fourth-order valence-corrected chi connectivity index (χ4v) is 3.51. The number of nitrogens with zero attached hydrogens (tertiary/aromatic N) is 2. The Morgan fingerprint density at radius 1 is 1.31 bits per heavy atom. The molecule has 6 nitrogen and oxygen atoms in total. The van der Waals surface area contributed by atoms with Crippen LogP contribution in [0.5, 0.6) is 5.75 Å². The lowest BCUT2D eigenvalue weighted by molar-refractivity contribution is -0.142. The standard InChI is InChI=1S/C19H27ClN2O4/c1-3-16(26-17-8-6-5-7-15(17)20)19(25)22-11-9-14(10-12-22)21(4-2)13-18(23)24/h5-8,14,16H,3-4,9-13H2,1-2H3,(H,23,24). The van der Waals surface area contributed by atoms with Gasteiger partial charge in [0.05, 0.1) is 11.6 Å². The van der Waals surface area contributed by atoms with E-state index in [1.807, 2.05) is 35.8 Å². The Morgan fingerprint density at radius 2 is 1.96 bits per heavy atom. The molecule has 1 aromatic rings. The molecular weight excluding hydrogens is 356 g/mol. The van der Waals surface area contributed by atoms with Crippen LogP contribution in [0.3, 0.4) is 0 Å². The number of hydrogen-bond donors (Lipinski definition) is 1. The SMILES string of the molecule is CCC(Oc1ccccc1Cl)C(=O)N1CCC(N(CC)CC(=O)O)CC1. The minimum atomic E-state index is -0.815. The van der Waals surface area contributed by atoms with Crippen LogP contribution < -0.4 is 4.74 Å². The predicted molar refractivity (Wildman–Crippen MR) is 101 cm³/mol. The van der Waals surface area contributed by atoms with Crippen molar-refractivity contribution in [2.45, 2.75) is 45.3 Å². The molecular formula is C19H27ClN2O4. The van der Waals surface area contributed by atoms with Crippen LogP contribution in [0.4, 0.5) is 0 Å². The third-order valence-electron chi connectivity index (χ3n) is 4.79. The number of hydrogen-bond acceptors (Lipinski definition) is 4. The van der Waals surface area contributed by atoms with Crippen LogP contribution in [-0.4, -0.2) is 65.1 Å². The Hall–Kier alpha value is -1.79. The smallest absolute Gasteiger partial charge is 0.317 e. The highest BCUT2D eigenvalue weighted by atomic mass is 35.5. The number of benzene rings is 1. The van der Waals surface area contributed by atoms with E-state index in [0.717, 1.165) is 12.8 Å². The maximum Gasteiger partial charge on any atom is 0.317 e. The van der Waals surface area contributed by atoms with Crippen molar-refractivity contribution < 1.29 is 19.4 Å². The number of para-hydroxylation sites is 1. The number of carbonyl (C=O) groups excluding carboxylic acids is 1. The number of piperidine rings is 1. The quantitative estimate of drug-likeness (QED) is 0.748. The second-order valence-electron chi connectivity index (χ2n) is 6.46. The summed E-state index contributed by atoms with van der Waals surface area (Å²) in [6.45, 7) is 5.84. The maximum atomic E-state index is 12.8. The Labute approximate surface area is 159 Å². The number of halogens is 1. The number of carbonyl (C=O) groups is 2. The number of amides is 1. The third kappa shape index (κ3) is 5.35. The summed E-state index contributed by atoms with van der Waals surface area (Å²) in [7, 11) is 0. The topological polar surface area (TPSA) is 70.1 Å². The molecule has 0 spiro atoms. The highest BCUT2D eigenvalue weighted by molar-refractivity contribution is 6.32. The van der Waals surface area contributed by atoms with E-state index in [-0.39, 0.29) is 18.5 Å². The van der Waals surface area contributed by atoms with Crippen LogP contribution in [0.1, 0.15) is 33.1 Å². The Bertz CT molecular complexity index is 617. The molecule has 26 heavy (non-hydrogen) atoms. The molecule has 1 amide bonds. The van der Waals surface area contributed by atoms with Crippen LogP contribution in [-0.2, 0) is 9.59 Å². The molecule has 0 aliphatic carbocycles. The number of rotatable bonds is 8. The summed E-state index contributed by atoms with van der Waals surface area (Å²) in [4.78, 5) is 27.6. The average molecular weight is 383 g/mol. The Kier molecular flexibility index (Phi) is 7.72. The largest absolute Gasteiger partial charge is 0.480 e. The second kappa shape index (κ2) is 9.78. The molecule has 7 heteroatoms. The lowest BCUT2D eigenvalue weighted by atomic mass is 10.0. The summed E-state index contributed by atoms with van der Waals surface area (Å²) < 4.78 is 5.85. The summed E-state index contributed by atoms with van der Waals surface area (Å²) in [6, 6.07) is 7.34. The van der Waals surface area contributed by atoms with Gasteiger partial charge >= 0.3 is 5.97 Å². The third-order valence-corrected chi connectivity index (χ3v) is 5.10. The fourth-order valence-electron chi connectivity index (χ4n) is 3.33. The van der Waals surface area contributed by atoms with Gasteiger partial charge in [-0.25, -0.2) is 0 Å². The summed E-state index contributed by atoms with van der Waals surface area (Å²) in [5, 5.41) is 9.51. The van der Waals surface area contributed by atoms with Crippen LogP contribution in [0.2, 0.25) is 5.02 Å². The van der Waals surface area contributed by atoms with Gasteiger partial charge < -0.3 is 14.7 Å². The van der Waals surface area contributed by atoms with Gasteiger partial charge in [-0.1, -0.05) is 37.6 Å². The lowest BCUT2D eigenvalue weighted by Gasteiger charge is -2.38. The predicted octanol–water partition coefficient (Wildman–Crippen LogP) is 2.89. The zero-order valence-electron chi connectivity index (χ0n) is 15.4. The molecule has 2 rings (SSSR count). The van der Waals surface area contributed by atoms with Gasteiger partial charge in [-0.05, 0) is 37.9 Å². The van der Waals surface area contributed by atoms with Crippen LogP contribution in [0.15, 0.2) is 24.3 Å². The molecule has 1 saturated heterocycles. The van der Waals surface area contributed by atoms with E-state index in [1.165, 1.54) is 0 Å². The number of likely N-dealkylation sites (N-methyl/N-ethyl adjacent to an activating group) is 1. The van der Waals surface area contributed by atoms with Crippen molar-refractivity contribution in [3.8, 4) is 5.75 Å². The zero-order chi connectivity index (χ0) is 19.1. The first-order valence-electron chi connectivity index (χ1n) is 9.12. The molecule has 1 aromatic carbocycles. The van der Waals surface area contributed by atoms with E-state index in [9.17, 15) is 9.59 Å². The zero-order valence-corrected chi connectivity index (χ0v) is 16.1. The monoisotopic (exact) mass is 382 g/mol. The molecule has 1 heterocycles. The minimum Gasteiger partial charge on any atom is -0.480 e. The number of carboxylic acid groups (broad SMARTS) is 1. The van der Waals surface area contributed by atoms with Crippen LogP contribution in [0, 0.1) is 0 Å². The summed E-state index contributed by atoms with van der Waals surface area (Å²) in [5.74, 6) is -0.334. The van der Waals surface area contributed by atoms with E-state index in [2.05, 4.69) is 0 Å². The summed E-state index contributed by atoms with van der Waals surface area (Å²) in [6.07, 6.45) is 1.54. The second-order valence-corrected chi connectivity index (χ2v) is 6.87. The Morgan fingerprint density at radius 3 is 2.50 bits per heavy atom. The fraction of sp³-hybridized carbons (Fsp3) is 0.579. The van der Waals surface area contributed by atoms with E-state index >= 15 is 0 Å². The number of ether oxygens (including phenoxy) is 1. The number of carboxylic acids is 1. The van der Waals surface area contributed by atoms with Gasteiger partial charge in [-0.3, -0.25) is 14.5 Å². The molecule has 1 aliphatic rings. The summed E-state index contributed by atoms with van der Waals surface area (Å²) >= 11 is 6.12. The molecule has 1 N–H and O–H groups in total. The van der Waals surface area contributed by atoms with E-state index in [0.29, 0.717) is 36.8 Å². The van der Waals surface area contributed by atoms with Gasteiger partial charge in [0.1, 0.15) is 5.75 Å². The molecule has 0 radical (unpaired) electrons. The van der Waals surface area contributed by atoms with Gasteiger partial charge in [-0.15, -0.1) is 0 Å². The first kappa shape index (κ1) is 20.5. The molecule has 1 atom stereocenters. The van der Waals surface area contributed by atoms with Crippen molar-refractivity contribution in [1.29, 1.82) is 0 Å². The molecule has 1 aliphatic heterocycles. The lowest BCUT2D eigenvalue weighted by Crippen LogP contribution is -2.50. The molecule has 0 bridgehead atoms. The minimum absolute atomic E-state index is 0.0350. The number of aliphatic carboxylic acids is 1. The molecule has 0 aromatic heterocycles. The first-order valence-corrected chi connectivity index (χ1v) is 9.49. The molecule has 144 valence electrons. The van der Waals surface area contributed by atoms with Crippen LogP contribution in [0.25, 0.3) is 0 Å². The summed E-state index contributed by atoms with van der Waals surface area (Å²) in [5.41, 5.74) is 0. The molecule has 1 unspecified atom stereocenters. The van der Waals surface area contributed by atoms with Gasteiger partial charge in [-0.2, -0.15) is 0 Å². The van der Waals surface area contributed by atoms with Gasteiger partial charge in [0.25, 0.3) is 5.91 Å². The van der Waals surface area contributed by atoms with E-state index < -0.39 is 12.1 Å². The first-order chi connectivity index (χ1) is 12.5. The maximum absolute atomic E-state index is 12.8. The van der Waals surface area contributed by atoms with Crippen molar-refractivity contribution in [2.24, 2.45) is 0 Å². The van der Waals surface area contributed by atoms with E-state index in [1.54, 1.807) is 12.1 Å². The molecule has 1 fully saturated rings. The van der Waals surface area contributed by atoms with Crippen molar-refractivity contribution in [2.75, 3.05) is 26.2 Å². The number of likely N-dealkylation sites (tertiary alicyclic amines) is 1. The van der Waals surface area contributed by atoms with Gasteiger partial charge in [0.2, 0.25) is 0 Å².